The molecule has 0 saturated heterocycles. The summed E-state index contributed by atoms with van der Waals surface area (Å²) in [5.41, 5.74) is 8.51. The minimum atomic E-state index is 0.717. The van der Waals surface area contributed by atoms with Crippen LogP contribution in [0.15, 0.2) is 46.9 Å². The van der Waals surface area contributed by atoms with Crippen LogP contribution in [0.2, 0.25) is 0 Å². The predicted octanol–water partition coefficient (Wildman–Crippen LogP) is 4.56. The van der Waals surface area contributed by atoms with Crippen molar-refractivity contribution in [2.75, 3.05) is 17.7 Å². The fourth-order valence-electron chi connectivity index (χ4n) is 1.65. The van der Waals surface area contributed by atoms with Crippen LogP contribution < -0.4 is 15.8 Å². The van der Waals surface area contributed by atoms with Gasteiger partial charge in [0.2, 0.25) is 0 Å². The Morgan fingerprint density at radius 1 is 1.16 bits per heavy atom. The number of benzene rings is 2. The van der Waals surface area contributed by atoms with Crippen molar-refractivity contribution < 1.29 is 4.74 Å². The zero-order valence-corrected chi connectivity index (χ0v) is 12.4. The number of hydrogen-bond acceptors (Lipinski definition) is 3. The molecule has 2 rings (SSSR count). The number of rotatable bonds is 5. The van der Waals surface area contributed by atoms with Crippen molar-refractivity contribution >= 4 is 33.0 Å². The lowest BCUT2D eigenvalue weighted by Gasteiger charge is -2.11. The maximum atomic E-state index is 5.92. The third kappa shape index (κ3) is 3.89. The van der Waals surface area contributed by atoms with Gasteiger partial charge in [0.05, 0.1) is 18.0 Å². The van der Waals surface area contributed by atoms with Gasteiger partial charge in [0.25, 0.3) is 0 Å². The maximum absolute atomic E-state index is 5.92. The number of halogens is 1. The summed E-state index contributed by atoms with van der Waals surface area (Å²) in [6.07, 6.45) is 1.01. The number of hydrogen-bond donors (Lipinski definition) is 2. The normalized spacial score (nSPS) is 10.2. The molecule has 0 heterocycles. The van der Waals surface area contributed by atoms with Gasteiger partial charge in [-0.3, -0.25) is 0 Å². The molecule has 0 aliphatic carbocycles. The summed E-state index contributed by atoms with van der Waals surface area (Å²) >= 11 is 3.43. The molecule has 0 amide bonds. The molecule has 0 aliphatic rings. The second-order valence-electron chi connectivity index (χ2n) is 4.23. The van der Waals surface area contributed by atoms with Gasteiger partial charge in [-0.05, 0) is 48.9 Å². The number of nitrogens with two attached hydrogens (primary N) is 1. The Hall–Kier alpha value is -1.68. The van der Waals surface area contributed by atoms with Crippen molar-refractivity contribution in [3.05, 3.63) is 46.9 Å². The quantitative estimate of drug-likeness (QED) is 0.794. The van der Waals surface area contributed by atoms with Crippen LogP contribution in [-0.4, -0.2) is 6.61 Å². The summed E-state index contributed by atoms with van der Waals surface area (Å²) in [5, 5.41) is 3.29. The van der Waals surface area contributed by atoms with E-state index in [1.54, 1.807) is 0 Å². The Kier molecular flexibility index (Phi) is 4.68. The van der Waals surface area contributed by atoms with Crippen molar-refractivity contribution in [1.82, 2.24) is 0 Å². The van der Waals surface area contributed by atoms with Gasteiger partial charge in [0.1, 0.15) is 5.75 Å². The molecule has 0 fully saturated rings. The highest BCUT2D eigenvalue weighted by atomic mass is 79.9. The van der Waals surface area contributed by atoms with E-state index in [2.05, 4.69) is 28.2 Å². The SMILES string of the molecule is CCCOc1ccc(Nc2cc(Br)ccc2N)cc1. The van der Waals surface area contributed by atoms with Gasteiger partial charge in [-0.25, -0.2) is 0 Å². The average Bonchev–Trinajstić information content (AvgIpc) is 2.42. The molecule has 0 radical (unpaired) electrons. The lowest BCUT2D eigenvalue weighted by atomic mass is 10.2. The molecule has 2 aromatic rings. The lowest BCUT2D eigenvalue weighted by Crippen LogP contribution is -1.97. The largest absolute Gasteiger partial charge is 0.494 e. The summed E-state index contributed by atoms with van der Waals surface area (Å²) < 4.78 is 6.54. The van der Waals surface area contributed by atoms with Gasteiger partial charge >= 0.3 is 0 Å². The molecule has 0 aromatic heterocycles. The summed E-state index contributed by atoms with van der Waals surface area (Å²) in [7, 11) is 0. The Morgan fingerprint density at radius 3 is 2.58 bits per heavy atom. The third-order valence-electron chi connectivity index (χ3n) is 2.62. The van der Waals surface area contributed by atoms with Crippen molar-refractivity contribution in [3.63, 3.8) is 0 Å². The summed E-state index contributed by atoms with van der Waals surface area (Å²) in [6, 6.07) is 13.6. The summed E-state index contributed by atoms with van der Waals surface area (Å²) in [4.78, 5) is 0. The summed E-state index contributed by atoms with van der Waals surface area (Å²) in [5.74, 6) is 0.884. The highest BCUT2D eigenvalue weighted by Gasteiger charge is 2.01. The minimum absolute atomic E-state index is 0.717. The zero-order valence-electron chi connectivity index (χ0n) is 10.8. The second-order valence-corrected chi connectivity index (χ2v) is 5.15. The molecule has 2 aromatic carbocycles. The molecule has 19 heavy (non-hydrogen) atoms. The van der Waals surface area contributed by atoms with Crippen molar-refractivity contribution in [2.24, 2.45) is 0 Å². The fourth-order valence-corrected chi connectivity index (χ4v) is 2.01. The van der Waals surface area contributed by atoms with Crippen LogP contribution in [0.25, 0.3) is 0 Å². The first-order valence-electron chi connectivity index (χ1n) is 6.24. The molecule has 0 saturated carbocycles. The van der Waals surface area contributed by atoms with Crippen LogP contribution in [0.3, 0.4) is 0 Å². The van der Waals surface area contributed by atoms with Crippen molar-refractivity contribution in [2.45, 2.75) is 13.3 Å². The molecule has 3 N–H and O–H groups in total. The molecule has 0 bridgehead atoms. The van der Waals surface area contributed by atoms with Crippen LogP contribution in [0, 0.1) is 0 Å². The van der Waals surface area contributed by atoms with Crippen molar-refractivity contribution in [3.8, 4) is 5.75 Å². The Bertz CT molecular complexity index is 540. The molecule has 0 atom stereocenters. The third-order valence-corrected chi connectivity index (χ3v) is 3.11. The smallest absolute Gasteiger partial charge is 0.119 e. The van der Waals surface area contributed by atoms with E-state index in [-0.39, 0.29) is 0 Å². The van der Waals surface area contributed by atoms with E-state index >= 15 is 0 Å². The maximum Gasteiger partial charge on any atom is 0.119 e. The number of ether oxygens (including phenoxy) is 1. The first-order valence-corrected chi connectivity index (χ1v) is 7.03. The van der Waals surface area contributed by atoms with Crippen LogP contribution >= 0.6 is 15.9 Å². The first-order chi connectivity index (χ1) is 9.19. The number of anilines is 3. The highest BCUT2D eigenvalue weighted by molar-refractivity contribution is 9.10. The molecule has 4 heteroatoms. The van der Waals surface area contributed by atoms with Gasteiger partial charge in [0.15, 0.2) is 0 Å². The van der Waals surface area contributed by atoms with Crippen LogP contribution in [0.4, 0.5) is 17.1 Å². The Morgan fingerprint density at radius 2 is 1.89 bits per heavy atom. The van der Waals surface area contributed by atoms with Crippen molar-refractivity contribution in [1.29, 1.82) is 0 Å². The van der Waals surface area contributed by atoms with E-state index in [0.29, 0.717) is 0 Å². The van der Waals surface area contributed by atoms with Crippen LogP contribution in [-0.2, 0) is 0 Å². The topological polar surface area (TPSA) is 47.3 Å². The van der Waals surface area contributed by atoms with E-state index < -0.39 is 0 Å². The molecule has 0 aliphatic heterocycles. The van der Waals surface area contributed by atoms with Crippen LogP contribution in [0.1, 0.15) is 13.3 Å². The molecule has 0 spiro atoms. The van der Waals surface area contributed by atoms with Gasteiger partial charge in [0, 0.05) is 10.2 Å². The van der Waals surface area contributed by atoms with E-state index in [1.807, 2.05) is 42.5 Å². The van der Waals surface area contributed by atoms with E-state index in [4.69, 9.17) is 10.5 Å². The standard InChI is InChI=1S/C15H17BrN2O/c1-2-9-19-13-6-4-12(5-7-13)18-15-10-11(16)3-8-14(15)17/h3-8,10,18H,2,9,17H2,1H3. The van der Waals surface area contributed by atoms with Crippen LogP contribution in [0.5, 0.6) is 5.75 Å². The van der Waals surface area contributed by atoms with E-state index in [9.17, 15) is 0 Å². The van der Waals surface area contributed by atoms with Gasteiger partial charge in [-0.15, -0.1) is 0 Å². The lowest BCUT2D eigenvalue weighted by molar-refractivity contribution is 0.317. The van der Waals surface area contributed by atoms with Gasteiger partial charge in [-0.1, -0.05) is 22.9 Å². The molecular formula is C15H17BrN2O. The predicted molar refractivity (Wildman–Crippen MR) is 84.1 cm³/mol. The average molecular weight is 321 g/mol. The monoisotopic (exact) mass is 320 g/mol. The zero-order chi connectivity index (χ0) is 13.7. The second kappa shape index (κ2) is 6.48. The number of nitrogen functional groups attached to an aromatic ring is 1. The molecule has 100 valence electrons. The molecular weight excluding hydrogens is 304 g/mol. The van der Waals surface area contributed by atoms with E-state index in [0.717, 1.165) is 40.3 Å². The van der Waals surface area contributed by atoms with E-state index in [1.165, 1.54) is 0 Å². The fraction of sp³-hybridized carbons (Fsp3) is 0.200. The van der Waals surface area contributed by atoms with Gasteiger partial charge < -0.3 is 15.8 Å². The van der Waals surface area contributed by atoms with Gasteiger partial charge in [-0.2, -0.15) is 0 Å². The molecule has 0 unspecified atom stereocenters. The first kappa shape index (κ1) is 13.7. The number of nitrogens with one attached hydrogen (secondary N) is 1. The minimum Gasteiger partial charge on any atom is -0.494 e. The Balaban J connectivity index is 2.08. The summed E-state index contributed by atoms with van der Waals surface area (Å²) in [6.45, 7) is 2.83. The highest BCUT2D eigenvalue weighted by Crippen LogP contribution is 2.27. The molecule has 3 nitrogen and oxygen atoms in total. The Labute approximate surface area is 121 Å².